The molecule has 0 bridgehead atoms. The molecule has 0 spiro atoms. The van der Waals surface area contributed by atoms with E-state index in [1.54, 1.807) is 0 Å². The van der Waals surface area contributed by atoms with Gasteiger partial charge < -0.3 is 20.1 Å². The second-order valence-corrected chi connectivity index (χ2v) is 4.09. The van der Waals surface area contributed by atoms with Crippen LogP contribution < -0.4 is 5.32 Å². The van der Waals surface area contributed by atoms with E-state index in [0.29, 0.717) is 12.7 Å². The average molecular weight is 216 g/mol. The maximum Gasteiger partial charge on any atom is 0.0701 e. The van der Waals surface area contributed by atoms with Gasteiger partial charge in [0.15, 0.2) is 0 Å². The van der Waals surface area contributed by atoms with Gasteiger partial charge in [-0.05, 0) is 39.4 Å². The van der Waals surface area contributed by atoms with Gasteiger partial charge in [0, 0.05) is 13.1 Å². The Kier molecular flexibility index (Phi) is 6.92. The van der Waals surface area contributed by atoms with Gasteiger partial charge >= 0.3 is 0 Å². The van der Waals surface area contributed by atoms with Crippen molar-refractivity contribution in [2.24, 2.45) is 0 Å². The lowest BCUT2D eigenvalue weighted by atomic mass is 10.1. The number of aliphatic hydroxyl groups excluding tert-OH is 1. The van der Waals surface area contributed by atoms with Crippen molar-refractivity contribution in [1.82, 2.24) is 10.2 Å². The minimum atomic E-state index is 0.141. The number of hydrogen-bond acceptors (Lipinski definition) is 4. The van der Waals surface area contributed by atoms with Crippen LogP contribution >= 0.6 is 0 Å². The number of hydrogen-bond donors (Lipinski definition) is 2. The average Bonchev–Trinajstić information content (AvgIpc) is 2.28. The summed E-state index contributed by atoms with van der Waals surface area (Å²) in [5, 5.41) is 11.8. The van der Waals surface area contributed by atoms with E-state index in [9.17, 15) is 0 Å². The highest BCUT2D eigenvalue weighted by atomic mass is 16.5. The van der Waals surface area contributed by atoms with Crippen LogP contribution in [0.2, 0.25) is 0 Å². The second-order valence-electron chi connectivity index (χ2n) is 4.09. The summed E-state index contributed by atoms with van der Waals surface area (Å²) >= 11 is 0. The molecule has 90 valence electrons. The first-order chi connectivity index (χ1) is 7.36. The molecule has 1 aliphatic rings. The minimum absolute atomic E-state index is 0.141. The van der Waals surface area contributed by atoms with Crippen LogP contribution in [-0.4, -0.2) is 62.6 Å². The van der Waals surface area contributed by atoms with Crippen molar-refractivity contribution < 1.29 is 9.84 Å². The Hall–Kier alpha value is -0.160. The first-order valence-corrected chi connectivity index (χ1v) is 5.96. The third-order valence-electron chi connectivity index (χ3n) is 2.88. The summed E-state index contributed by atoms with van der Waals surface area (Å²) < 4.78 is 5.52. The molecule has 0 aliphatic carbocycles. The van der Waals surface area contributed by atoms with Crippen LogP contribution in [0.15, 0.2) is 0 Å². The molecule has 1 fully saturated rings. The zero-order valence-electron chi connectivity index (χ0n) is 9.74. The molecule has 0 unspecified atom stereocenters. The van der Waals surface area contributed by atoms with Gasteiger partial charge in [0.05, 0.1) is 19.3 Å². The fourth-order valence-corrected chi connectivity index (χ4v) is 2.00. The monoisotopic (exact) mass is 216 g/mol. The molecule has 15 heavy (non-hydrogen) atoms. The van der Waals surface area contributed by atoms with Crippen LogP contribution in [0.4, 0.5) is 0 Å². The van der Waals surface area contributed by atoms with Crippen LogP contribution in [0, 0.1) is 0 Å². The summed E-state index contributed by atoms with van der Waals surface area (Å²) in [5.74, 6) is 0. The van der Waals surface area contributed by atoms with Gasteiger partial charge in [0.25, 0.3) is 0 Å². The van der Waals surface area contributed by atoms with E-state index in [-0.39, 0.29) is 6.61 Å². The highest BCUT2D eigenvalue weighted by Gasteiger charge is 2.18. The van der Waals surface area contributed by atoms with E-state index in [1.165, 1.54) is 13.0 Å². The van der Waals surface area contributed by atoms with Gasteiger partial charge in [-0.3, -0.25) is 0 Å². The van der Waals surface area contributed by atoms with Gasteiger partial charge in [0.1, 0.15) is 0 Å². The molecular weight excluding hydrogens is 192 g/mol. The summed E-state index contributed by atoms with van der Waals surface area (Å²) in [5.41, 5.74) is 0. The standard InChI is InChI=1S/C11H24N2O2/c1-12-5-2-6-13-7-3-11(4-8-13)15-10-9-14/h11-12,14H,2-10H2,1H3. The summed E-state index contributed by atoms with van der Waals surface area (Å²) in [6.45, 7) is 5.20. The summed E-state index contributed by atoms with van der Waals surface area (Å²) in [6, 6.07) is 0. The minimum Gasteiger partial charge on any atom is -0.394 e. The molecular formula is C11H24N2O2. The molecule has 0 atom stereocenters. The number of aliphatic hydroxyl groups is 1. The molecule has 1 rings (SSSR count). The van der Waals surface area contributed by atoms with E-state index < -0.39 is 0 Å². The first kappa shape index (κ1) is 12.9. The van der Waals surface area contributed by atoms with E-state index in [4.69, 9.17) is 9.84 Å². The highest BCUT2D eigenvalue weighted by Crippen LogP contribution is 2.13. The molecule has 0 amide bonds. The SMILES string of the molecule is CNCCCN1CCC(OCCO)CC1. The van der Waals surface area contributed by atoms with Crippen molar-refractivity contribution in [1.29, 1.82) is 0 Å². The molecule has 2 N–H and O–H groups in total. The molecule has 0 aromatic heterocycles. The second kappa shape index (κ2) is 8.05. The van der Waals surface area contributed by atoms with Gasteiger partial charge in [-0.2, -0.15) is 0 Å². The number of nitrogens with one attached hydrogen (secondary N) is 1. The van der Waals surface area contributed by atoms with Crippen molar-refractivity contribution >= 4 is 0 Å². The third-order valence-corrected chi connectivity index (χ3v) is 2.88. The van der Waals surface area contributed by atoms with Crippen LogP contribution in [0.5, 0.6) is 0 Å². The Balaban J connectivity index is 2.02. The van der Waals surface area contributed by atoms with Crippen molar-refractivity contribution in [2.45, 2.75) is 25.4 Å². The predicted octanol–water partition coefficient (Wildman–Crippen LogP) is 0.0692. The fraction of sp³-hybridized carbons (Fsp3) is 1.00. The Labute approximate surface area is 92.6 Å². The number of nitrogens with zero attached hydrogens (tertiary/aromatic N) is 1. The largest absolute Gasteiger partial charge is 0.394 e. The molecule has 1 heterocycles. The molecule has 0 saturated carbocycles. The maximum atomic E-state index is 8.65. The quantitative estimate of drug-likeness (QED) is 0.591. The Morgan fingerprint density at radius 1 is 1.40 bits per heavy atom. The van der Waals surface area contributed by atoms with Gasteiger partial charge in [-0.15, -0.1) is 0 Å². The number of rotatable bonds is 7. The van der Waals surface area contributed by atoms with Crippen molar-refractivity contribution in [3.63, 3.8) is 0 Å². The zero-order valence-corrected chi connectivity index (χ0v) is 9.74. The van der Waals surface area contributed by atoms with Crippen molar-refractivity contribution in [3.8, 4) is 0 Å². The van der Waals surface area contributed by atoms with Crippen LogP contribution in [0.1, 0.15) is 19.3 Å². The van der Waals surface area contributed by atoms with Crippen LogP contribution in [0.3, 0.4) is 0 Å². The van der Waals surface area contributed by atoms with E-state index in [2.05, 4.69) is 10.2 Å². The Morgan fingerprint density at radius 3 is 2.73 bits per heavy atom. The smallest absolute Gasteiger partial charge is 0.0701 e. The van der Waals surface area contributed by atoms with Crippen molar-refractivity contribution in [3.05, 3.63) is 0 Å². The molecule has 1 saturated heterocycles. The highest BCUT2D eigenvalue weighted by molar-refractivity contribution is 4.72. The number of ether oxygens (including phenoxy) is 1. The number of likely N-dealkylation sites (tertiary alicyclic amines) is 1. The normalized spacial score (nSPS) is 19.6. The summed E-state index contributed by atoms with van der Waals surface area (Å²) in [7, 11) is 2.00. The molecule has 0 radical (unpaired) electrons. The fourth-order valence-electron chi connectivity index (χ4n) is 2.00. The van der Waals surface area contributed by atoms with Gasteiger partial charge in [0.2, 0.25) is 0 Å². The first-order valence-electron chi connectivity index (χ1n) is 5.96. The Morgan fingerprint density at radius 2 is 2.13 bits per heavy atom. The van der Waals surface area contributed by atoms with E-state index in [1.807, 2.05) is 7.05 Å². The van der Waals surface area contributed by atoms with Crippen molar-refractivity contribution in [2.75, 3.05) is 46.4 Å². The Bertz CT molecular complexity index is 148. The molecule has 4 nitrogen and oxygen atoms in total. The zero-order chi connectivity index (χ0) is 10.9. The predicted molar refractivity (Wildman–Crippen MR) is 61.0 cm³/mol. The molecule has 0 aromatic rings. The topological polar surface area (TPSA) is 44.7 Å². The van der Waals surface area contributed by atoms with Gasteiger partial charge in [-0.25, -0.2) is 0 Å². The molecule has 0 aromatic carbocycles. The lowest BCUT2D eigenvalue weighted by molar-refractivity contribution is -0.00776. The third kappa shape index (κ3) is 5.47. The molecule has 4 heteroatoms. The van der Waals surface area contributed by atoms with Crippen LogP contribution in [0.25, 0.3) is 0 Å². The summed E-state index contributed by atoms with van der Waals surface area (Å²) in [6.07, 6.45) is 3.82. The van der Waals surface area contributed by atoms with Crippen LogP contribution in [-0.2, 0) is 4.74 Å². The number of piperidine rings is 1. The maximum absolute atomic E-state index is 8.65. The van der Waals surface area contributed by atoms with E-state index in [0.717, 1.165) is 32.5 Å². The van der Waals surface area contributed by atoms with Gasteiger partial charge in [-0.1, -0.05) is 0 Å². The lowest BCUT2D eigenvalue weighted by Gasteiger charge is -2.31. The summed E-state index contributed by atoms with van der Waals surface area (Å²) in [4.78, 5) is 2.50. The van der Waals surface area contributed by atoms with E-state index >= 15 is 0 Å². The molecule has 1 aliphatic heterocycles. The lowest BCUT2D eigenvalue weighted by Crippen LogP contribution is -2.38.